The Morgan fingerprint density at radius 1 is 1.26 bits per heavy atom. The van der Waals surface area contributed by atoms with Crippen LogP contribution in [-0.2, 0) is 11.2 Å². The Morgan fingerprint density at radius 3 is 2.65 bits per heavy atom. The molecule has 0 atom stereocenters. The third-order valence-corrected chi connectivity index (χ3v) is 4.81. The monoisotopic (exact) mass is 314 g/mol. The molecule has 1 amide bonds. The van der Waals surface area contributed by atoms with Gasteiger partial charge in [-0.2, -0.15) is 0 Å². The molecule has 122 valence electrons. The number of para-hydroxylation sites is 1. The summed E-state index contributed by atoms with van der Waals surface area (Å²) in [7, 11) is 0. The summed E-state index contributed by atoms with van der Waals surface area (Å²) < 4.78 is 0. The number of fused-ring (bicyclic) bond motifs is 1. The van der Waals surface area contributed by atoms with Crippen molar-refractivity contribution in [1.82, 2.24) is 9.88 Å². The van der Waals surface area contributed by atoms with Crippen molar-refractivity contribution in [3.05, 3.63) is 35.5 Å². The van der Waals surface area contributed by atoms with Gasteiger partial charge in [-0.15, -0.1) is 0 Å². The molecule has 2 N–H and O–H groups in total. The van der Waals surface area contributed by atoms with Gasteiger partial charge < -0.3 is 14.8 Å². The lowest BCUT2D eigenvalue weighted by Gasteiger charge is -2.31. The van der Waals surface area contributed by atoms with Gasteiger partial charge in [0.1, 0.15) is 6.54 Å². The molecule has 0 radical (unpaired) electrons. The van der Waals surface area contributed by atoms with Gasteiger partial charge in [-0.1, -0.05) is 25.1 Å². The van der Waals surface area contributed by atoms with Gasteiger partial charge in [-0.05, 0) is 12.0 Å². The van der Waals surface area contributed by atoms with Crippen molar-refractivity contribution < 1.29 is 14.5 Å². The second-order valence-electron chi connectivity index (χ2n) is 6.25. The van der Waals surface area contributed by atoms with Gasteiger partial charge in [-0.25, -0.2) is 0 Å². The number of Topliss-reactive ketones (excluding diaryl/α,β-unsaturated/α-hetero) is 1. The van der Waals surface area contributed by atoms with Crippen LogP contribution in [0.25, 0.3) is 10.9 Å². The Morgan fingerprint density at radius 2 is 2.00 bits per heavy atom. The Labute approximate surface area is 136 Å². The largest absolute Gasteiger partial charge is 0.360 e. The zero-order chi connectivity index (χ0) is 16.4. The highest BCUT2D eigenvalue weighted by molar-refractivity contribution is 6.08. The average molecular weight is 314 g/mol. The van der Waals surface area contributed by atoms with Crippen LogP contribution in [0.15, 0.2) is 24.4 Å². The van der Waals surface area contributed by atoms with E-state index in [0.29, 0.717) is 6.54 Å². The SMILES string of the molecule is CCc1cccc2c(C(=O)C[NH+]3CCN(C(C)=O)CC3)c[nH]c12. The van der Waals surface area contributed by atoms with E-state index in [1.54, 1.807) is 6.92 Å². The summed E-state index contributed by atoms with van der Waals surface area (Å²) in [5.41, 5.74) is 3.11. The van der Waals surface area contributed by atoms with Crippen LogP contribution in [0.2, 0.25) is 0 Å². The van der Waals surface area contributed by atoms with Crippen LogP contribution in [0, 0.1) is 0 Å². The number of rotatable bonds is 4. The summed E-state index contributed by atoms with van der Waals surface area (Å²) in [5, 5.41) is 1.02. The summed E-state index contributed by atoms with van der Waals surface area (Å²) >= 11 is 0. The number of nitrogens with one attached hydrogen (secondary N) is 2. The number of nitrogens with zero attached hydrogens (tertiary/aromatic N) is 1. The number of ketones is 1. The summed E-state index contributed by atoms with van der Waals surface area (Å²) in [6, 6.07) is 6.13. The van der Waals surface area contributed by atoms with Crippen LogP contribution >= 0.6 is 0 Å². The molecule has 5 heteroatoms. The average Bonchev–Trinajstić information content (AvgIpc) is 2.99. The summed E-state index contributed by atoms with van der Waals surface area (Å²) in [6.45, 7) is 7.39. The first-order chi connectivity index (χ1) is 11.1. The topological polar surface area (TPSA) is 57.6 Å². The van der Waals surface area contributed by atoms with Crippen LogP contribution in [0.3, 0.4) is 0 Å². The molecule has 5 nitrogen and oxygen atoms in total. The third kappa shape index (κ3) is 3.15. The first-order valence-electron chi connectivity index (χ1n) is 8.31. The molecule has 1 aliphatic heterocycles. The zero-order valence-electron chi connectivity index (χ0n) is 13.8. The number of amides is 1. The number of quaternary nitrogens is 1. The fourth-order valence-corrected chi connectivity index (χ4v) is 3.38. The Kier molecular flexibility index (Phi) is 4.48. The quantitative estimate of drug-likeness (QED) is 0.815. The Hall–Kier alpha value is -2.14. The van der Waals surface area contributed by atoms with E-state index in [1.807, 2.05) is 23.2 Å². The molecule has 0 spiro atoms. The molecule has 1 aromatic heterocycles. The summed E-state index contributed by atoms with van der Waals surface area (Å²) in [5.74, 6) is 0.301. The lowest BCUT2D eigenvalue weighted by Crippen LogP contribution is -3.15. The highest BCUT2D eigenvalue weighted by Gasteiger charge is 2.25. The van der Waals surface area contributed by atoms with Crippen LogP contribution in [0.4, 0.5) is 0 Å². The number of hydrogen-bond donors (Lipinski definition) is 2. The molecule has 1 aliphatic rings. The summed E-state index contributed by atoms with van der Waals surface area (Å²) in [4.78, 5) is 30.4. The van der Waals surface area contributed by atoms with E-state index >= 15 is 0 Å². The minimum absolute atomic E-state index is 0.124. The number of hydrogen-bond acceptors (Lipinski definition) is 2. The number of benzene rings is 1. The van der Waals surface area contributed by atoms with E-state index in [9.17, 15) is 9.59 Å². The number of H-pyrrole nitrogens is 1. The molecule has 1 fully saturated rings. The normalized spacial score (nSPS) is 16.0. The van der Waals surface area contributed by atoms with Crippen molar-refractivity contribution in [3.8, 4) is 0 Å². The molecule has 1 saturated heterocycles. The van der Waals surface area contributed by atoms with Crippen LogP contribution in [0.1, 0.15) is 29.8 Å². The van der Waals surface area contributed by atoms with Gasteiger partial charge in [0.05, 0.1) is 26.2 Å². The van der Waals surface area contributed by atoms with Crippen molar-refractivity contribution in [2.75, 3.05) is 32.7 Å². The molecule has 0 aliphatic carbocycles. The third-order valence-electron chi connectivity index (χ3n) is 4.81. The molecule has 2 heterocycles. The maximum absolute atomic E-state index is 12.7. The number of aromatic nitrogens is 1. The Balaban J connectivity index is 1.71. The van der Waals surface area contributed by atoms with E-state index in [2.05, 4.69) is 18.0 Å². The van der Waals surface area contributed by atoms with Crippen LogP contribution < -0.4 is 4.90 Å². The van der Waals surface area contributed by atoms with Gasteiger partial charge in [-0.3, -0.25) is 9.59 Å². The van der Waals surface area contributed by atoms with Crippen LogP contribution in [0.5, 0.6) is 0 Å². The molecule has 0 unspecified atom stereocenters. The minimum Gasteiger partial charge on any atom is -0.360 e. The number of carbonyl (C=O) groups is 2. The molecule has 0 bridgehead atoms. The second kappa shape index (κ2) is 6.54. The molecular formula is C18H24N3O2+. The maximum Gasteiger partial charge on any atom is 0.219 e. The molecule has 3 rings (SSSR count). The van der Waals surface area contributed by atoms with Gasteiger partial charge >= 0.3 is 0 Å². The van der Waals surface area contributed by atoms with Crippen molar-refractivity contribution in [3.63, 3.8) is 0 Å². The number of piperazine rings is 1. The first-order valence-corrected chi connectivity index (χ1v) is 8.31. The second-order valence-corrected chi connectivity index (χ2v) is 6.25. The predicted molar refractivity (Wildman–Crippen MR) is 89.8 cm³/mol. The van der Waals surface area contributed by atoms with Crippen molar-refractivity contribution in [2.45, 2.75) is 20.3 Å². The van der Waals surface area contributed by atoms with E-state index in [-0.39, 0.29) is 11.7 Å². The number of aryl methyl sites for hydroxylation is 1. The fraction of sp³-hybridized carbons (Fsp3) is 0.444. The minimum atomic E-state index is 0.124. The van der Waals surface area contributed by atoms with Crippen molar-refractivity contribution in [2.24, 2.45) is 0 Å². The highest BCUT2D eigenvalue weighted by Crippen LogP contribution is 2.22. The van der Waals surface area contributed by atoms with E-state index in [0.717, 1.165) is 49.1 Å². The fourth-order valence-electron chi connectivity index (χ4n) is 3.38. The maximum atomic E-state index is 12.7. The highest BCUT2D eigenvalue weighted by atomic mass is 16.2. The first kappa shape index (κ1) is 15.7. The molecule has 0 saturated carbocycles. The van der Waals surface area contributed by atoms with Crippen LogP contribution in [-0.4, -0.2) is 54.3 Å². The number of carbonyl (C=O) groups excluding carboxylic acids is 2. The lowest BCUT2D eigenvalue weighted by atomic mass is 10.0. The standard InChI is InChI=1S/C18H23N3O2/c1-3-14-5-4-6-15-16(11-19-18(14)15)17(23)12-20-7-9-21(10-8-20)13(2)22/h4-6,11,19H,3,7-10,12H2,1-2H3/p+1. The lowest BCUT2D eigenvalue weighted by molar-refractivity contribution is -0.895. The van der Waals surface area contributed by atoms with Gasteiger partial charge in [0.15, 0.2) is 0 Å². The summed E-state index contributed by atoms with van der Waals surface area (Å²) in [6.07, 6.45) is 2.79. The molecule has 2 aromatic rings. The van der Waals surface area contributed by atoms with Gasteiger partial charge in [0.2, 0.25) is 11.7 Å². The molecule has 1 aromatic carbocycles. The van der Waals surface area contributed by atoms with Gasteiger partial charge in [0.25, 0.3) is 0 Å². The van der Waals surface area contributed by atoms with E-state index in [1.165, 1.54) is 10.5 Å². The zero-order valence-corrected chi connectivity index (χ0v) is 13.8. The van der Waals surface area contributed by atoms with Crippen molar-refractivity contribution in [1.29, 1.82) is 0 Å². The number of aromatic amines is 1. The Bertz CT molecular complexity index is 727. The molecular weight excluding hydrogens is 290 g/mol. The smallest absolute Gasteiger partial charge is 0.219 e. The van der Waals surface area contributed by atoms with E-state index in [4.69, 9.17) is 0 Å². The van der Waals surface area contributed by atoms with Gasteiger partial charge in [0, 0.05) is 29.6 Å². The van der Waals surface area contributed by atoms with Crippen molar-refractivity contribution >= 4 is 22.6 Å². The predicted octanol–water partition coefficient (Wildman–Crippen LogP) is 0.660. The van der Waals surface area contributed by atoms with E-state index < -0.39 is 0 Å². The molecule has 23 heavy (non-hydrogen) atoms.